The SMILES string of the molecule is COC(=O)C(C(=O)OC)C1CCCc2c1c(OC)c1c(OC)c3c(OC)cccc3c(OC)c1c2OC(=O)C(C)(C)C. The standard InChI is InChI=1S/C32H38O10/c1-32(2,3)31(35)42-26-17-13-10-12-16(22(29(33)40-8)30(34)41-9)20(17)27(38-6)24-23(26)25(37-5)18-14-11-15-19(36-4)21(18)28(24)39-7/h11,14-16,22H,10,12-13H2,1-9H3. The number of carbonyl (C=O) groups is 3. The molecule has 226 valence electrons. The first-order valence-electron chi connectivity index (χ1n) is 13.7. The molecule has 0 amide bonds. The molecule has 3 aromatic rings. The summed E-state index contributed by atoms with van der Waals surface area (Å²) in [5, 5.41) is 2.20. The fourth-order valence-corrected chi connectivity index (χ4v) is 5.87. The largest absolute Gasteiger partial charge is 0.496 e. The second-order valence-corrected chi connectivity index (χ2v) is 11.1. The van der Waals surface area contributed by atoms with Crippen molar-refractivity contribution in [1.82, 2.24) is 0 Å². The van der Waals surface area contributed by atoms with Gasteiger partial charge in [0.25, 0.3) is 0 Å². The molecule has 0 N–H and O–H groups in total. The third-order valence-corrected chi connectivity index (χ3v) is 7.76. The van der Waals surface area contributed by atoms with Gasteiger partial charge in [0, 0.05) is 22.4 Å². The van der Waals surface area contributed by atoms with Crippen LogP contribution < -0.4 is 23.7 Å². The van der Waals surface area contributed by atoms with Crippen LogP contribution >= 0.6 is 0 Å². The van der Waals surface area contributed by atoms with E-state index in [4.69, 9.17) is 33.2 Å². The van der Waals surface area contributed by atoms with Gasteiger partial charge < -0.3 is 33.2 Å². The highest BCUT2D eigenvalue weighted by molar-refractivity contribution is 6.18. The van der Waals surface area contributed by atoms with Crippen LogP contribution in [0.5, 0.6) is 28.7 Å². The topological polar surface area (TPSA) is 116 Å². The lowest BCUT2D eigenvalue weighted by molar-refractivity contribution is -0.160. The normalized spacial score (nSPS) is 14.8. The number of hydrogen-bond acceptors (Lipinski definition) is 10. The highest BCUT2D eigenvalue weighted by Crippen LogP contribution is 2.58. The van der Waals surface area contributed by atoms with E-state index in [1.165, 1.54) is 35.5 Å². The molecule has 42 heavy (non-hydrogen) atoms. The van der Waals surface area contributed by atoms with E-state index >= 15 is 0 Å². The smallest absolute Gasteiger partial charge is 0.320 e. The summed E-state index contributed by atoms with van der Waals surface area (Å²) in [6.07, 6.45) is 1.53. The van der Waals surface area contributed by atoms with E-state index in [0.717, 1.165) is 0 Å². The molecule has 0 spiro atoms. The molecule has 0 heterocycles. The van der Waals surface area contributed by atoms with Gasteiger partial charge in [-0.15, -0.1) is 0 Å². The van der Waals surface area contributed by atoms with E-state index in [-0.39, 0.29) is 5.75 Å². The van der Waals surface area contributed by atoms with Crippen LogP contribution in [-0.2, 0) is 30.3 Å². The number of hydrogen-bond donors (Lipinski definition) is 0. The van der Waals surface area contributed by atoms with E-state index < -0.39 is 35.2 Å². The Balaban J connectivity index is 2.30. The molecule has 0 bridgehead atoms. The maximum absolute atomic E-state index is 13.5. The minimum atomic E-state index is -1.28. The second-order valence-electron chi connectivity index (χ2n) is 11.1. The fraction of sp³-hybridized carbons (Fsp3) is 0.469. The molecule has 0 fully saturated rings. The number of carbonyl (C=O) groups excluding carboxylic acids is 3. The van der Waals surface area contributed by atoms with Gasteiger partial charge in [0.05, 0.1) is 64.2 Å². The maximum Gasteiger partial charge on any atom is 0.320 e. The zero-order chi connectivity index (χ0) is 30.9. The summed E-state index contributed by atoms with van der Waals surface area (Å²) in [6, 6.07) is 5.50. The zero-order valence-corrected chi connectivity index (χ0v) is 25.6. The molecule has 10 nitrogen and oxygen atoms in total. The minimum Gasteiger partial charge on any atom is -0.496 e. The van der Waals surface area contributed by atoms with Crippen molar-refractivity contribution in [3.63, 3.8) is 0 Å². The average molecular weight is 583 g/mol. The third-order valence-electron chi connectivity index (χ3n) is 7.76. The van der Waals surface area contributed by atoms with E-state index in [9.17, 15) is 14.4 Å². The summed E-state index contributed by atoms with van der Waals surface area (Å²) < 4.78 is 40.2. The summed E-state index contributed by atoms with van der Waals surface area (Å²) in [5.74, 6) is -1.96. The van der Waals surface area contributed by atoms with Gasteiger partial charge in [0.1, 0.15) is 28.7 Å². The van der Waals surface area contributed by atoms with Crippen LogP contribution in [0.1, 0.15) is 50.7 Å². The Bertz CT molecular complexity index is 1530. The van der Waals surface area contributed by atoms with Crippen LogP contribution in [0.25, 0.3) is 21.5 Å². The molecule has 0 radical (unpaired) electrons. The molecule has 1 atom stereocenters. The van der Waals surface area contributed by atoms with Crippen molar-refractivity contribution in [3.8, 4) is 28.7 Å². The van der Waals surface area contributed by atoms with Gasteiger partial charge in [0.2, 0.25) is 0 Å². The van der Waals surface area contributed by atoms with Crippen molar-refractivity contribution in [1.29, 1.82) is 0 Å². The van der Waals surface area contributed by atoms with Crippen LogP contribution in [0, 0.1) is 11.3 Å². The zero-order valence-electron chi connectivity index (χ0n) is 25.6. The lowest BCUT2D eigenvalue weighted by Gasteiger charge is -2.34. The lowest BCUT2D eigenvalue weighted by atomic mass is 9.73. The van der Waals surface area contributed by atoms with Crippen molar-refractivity contribution in [2.75, 3.05) is 42.7 Å². The maximum atomic E-state index is 13.5. The first-order valence-corrected chi connectivity index (χ1v) is 13.7. The highest BCUT2D eigenvalue weighted by atomic mass is 16.5. The van der Waals surface area contributed by atoms with Crippen molar-refractivity contribution in [3.05, 3.63) is 29.3 Å². The molecule has 0 saturated carbocycles. The van der Waals surface area contributed by atoms with Crippen molar-refractivity contribution < 1.29 is 47.5 Å². The van der Waals surface area contributed by atoms with Crippen LogP contribution in [0.4, 0.5) is 0 Å². The van der Waals surface area contributed by atoms with Gasteiger partial charge in [-0.05, 0) is 46.1 Å². The minimum absolute atomic E-state index is 0.263. The number of benzene rings is 3. The summed E-state index contributed by atoms with van der Waals surface area (Å²) >= 11 is 0. The summed E-state index contributed by atoms with van der Waals surface area (Å²) in [4.78, 5) is 39.6. The molecular formula is C32H38O10. The molecule has 0 aromatic heterocycles. The van der Waals surface area contributed by atoms with Gasteiger partial charge in [-0.2, -0.15) is 0 Å². The van der Waals surface area contributed by atoms with Crippen LogP contribution in [0.3, 0.4) is 0 Å². The number of fused-ring (bicyclic) bond motifs is 3. The van der Waals surface area contributed by atoms with Crippen molar-refractivity contribution in [2.45, 2.75) is 46.0 Å². The van der Waals surface area contributed by atoms with Crippen LogP contribution in [0.15, 0.2) is 18.2 Å². The molecule has 10 heteroatoms. The lowest BCUT2D eigenvalue weighted by Crippen LogP contribution is -2.34. The number of ether oxygens (including phenoxy) is 7. The molecule has 1 aliphatic carbocycles. The van der Waals surface area contributed by atoms with Crippen molar-refractivity contribution >= 4 is 39.5 Å². The first kappa shape index (κ1) is 30.7. The molecule has 0 saturated heterocycles. The van der Waals surface area contributed by atoms with E-state index in [1.54, 1.807) is 33.9 Å². The molecule has 1 aliphatic rings. The number of rotatable bonds is 8. The third kappa shape index (κ3) is 4.92. The summed E-state index contributed by atoms with van der Waals surface area (Å²) in [7, 11) is 8.57. The van der Waals surface area contributed by atoms with Crippen molar-refractivity contribution in [2.24, 2.45) is 11.3 Å². The Kier molecular flexibility index (Phi) is 8.75. The Morgan fingerprint density at radius 1 is 0.762 bits per heavy atom. The Hall–Kier alpha value is -4.21. The fourth-order valence-electron chi connectivity index (χ4n) is 5.87. The van der Waals surface area contributed by atoms with Gasteiger partial charge in [-0.25, -0.2) is 0 Å². The van der Waals surface area contributed by atoms with E-state index in [2.05, 4.69) is 0 Å². The van der Waals surface area contributed by atoms with Gasteiger partial charge in [-0.1, -0.05) is 12.1 Å². The monoisotopic (exact) mass is 582 g/mol. The van der Waals surface area contributed by atoms with Gasteiger partial charge >= 0.3 is 17.9 Å². The highest BCUT2D eigenvalue weighted by Gasteiger charge is 2.44. The van der Waals surface area contributed by atoms with Crippen LogP contribution in [-0.4, -0.2) is 60.6 Å². The summed E-state index contributed by atoms with van der Waals surface area (Å²) in [6.45, 7) is 5.29. The van der Waals surface area contributed by atoms with Gasteiger partial charge in [-0.3, -0.25) is 14.4 Å². The predicted octanol–water partition coefficient (Wildman–Crippen LogP) is 5.36. The quantitative estimate of drug-likeness (QED) is 0.149. The summed E-state index contributed by atoms with van der Waals surface area (Å²) in [5.41, 5.74) is 0.336. The predicted molar refractivity (Wildman–Crippen MR) is 156 cm³/mol. The van der Waals surface area contributed by atoms with Gasteiger partial charge in [0.15, 0.2) is 5.92 Å². The Morgan fingerprint density at radius 2 is 1.36 bits per heavy atom. The Morgan fingerprint density at radius 3 is 1.88 bits per heavy atom. The molecular weight excluding hydrogens is 544 g/mol. The second kappa shape index (κ2) is 12.0. The molecule has 4 rings (SSSR count). The average Bonchev–Trinajstić information content (AvgIpc) is 2.98. The van der Waals surface area contributed by atoms with E-state index in [1.807, 2.05) is 12.1 Å². The Labute approximate surface area is 245 Å². The number of methoxy groups -OCH3 is 6. The number of esters is 3. The molecule has 3 aromatic carbocycles. The first-order chi connectivity index (χ1) is 20.0. The van der Waals surface area contributed by atoms with Crippen LogP contribution in [0.2, 0.25) is 0 Å². The molecule has 1 unspecified atom stereocenters. The molecule has 0 aliphatic heterocycles. The van der Waals surface area contributed by atoms with E-state index in [0.29, 0.717) is 74.9 Å².